The average Bonchev–Trinajstić information content (AvgIpc) is 3.14. The molecule has 1 aliphatic heterocycles. The Morgan fingerprint density at radius 3 is 2.53 bits per heavy atom. The smallest absolute Gasteiger partial charge is 0.262 e. The van der Waals surface area contributed by atoms with Gasteiger partial charge in [-0.1, -0.05) is 56.7 Å². The van der Waals surface area contributed by atoms with Gasteiger partial charge >= 0.3 is 0 Å². The molecule has 1 aliphatic carbocycles. The molecule has 5 rings (SSSR count). The molecule has 4 heteroatoms. The summed E-state index contributed by atoms with van der Waals surface area (Å²) in [5.41, 5.74) is 3.76. The number of phenolic OH excluding ortho intramolecular Hbond substituents is 1. The van der Waals surface area contributed by atoms with Crippen LogP contribution in [-0.4, -0.2) is 39.6 Å². The van der Waals surface area contributed by atoms with E-state index in [1.165, 1.54) is 69.9 Å². The van der Waals surface area contributed by atoms with E-state index in [9.17, 15) is 9.90 Å². The molecule has 1 saturated carbocycles. The van der Waals surface area contributed by atoms with Crippen LogP contribution < -0.4 is 0 Å². The second-order valence-corrected chi connectivity index (χ2v) is 10.4. The lowest BCUT2D eigenvalue weighted by atomic mass is 9.82. The van der Waals surface area contributed by atoms with Gasteiger partial charge in [0.15, 0.2) is 0 Å². The Kier molecular flexibility index (Phi) is 7.05. The average molecular weight is 459 g/mol. The van der Waals surface area contributed by atoms with Gasteiger partial charge in [-0.2, -0.15) is 0 Å². The molecule has 3 aromatic rings. The Hall–Kier alpha value is -2.59. The second-order valence-electron chi connectivity index (χ2n) is 10.4. The third-order valence-corrected chi connectivity index (χ3v) is 8.27. The maximum absolute atomic E-state index is 13.4. The van der Waals surface area contributed by atoms with E-state index in [0.29, 0.717) is 11.6 Å². The van der Waals surface area contributed by atoms with Crippen LogP contribution in [0.4, 0.5) is 0 Å². The number of phenols is 1. The lowest BCUT2D eigenvalue weighted by molar-refractivity contribution is 0.0962. The Balaban J connectivity index is 1.40. The Morgan fingerprint density at radius 1 is 0.971 bits per heavy atom. The largest absolute Gasteiger partial charge is 0.508 e. The third-order valence-electron chi connectivity index (χ3n) is 8.27. The fourth-order valence-corrected chi connectivity index (χ4v) is 6.44. The van der Waals surface area contributed by atoms with Crippen molar-refractivity contribution in [3.05, 3.63) is 65.4 Å². The Labute approximate surface area is 203 Å². The topological polar surface area (TPSA) is 45.5 Å². The van der Waals surface area contributed by atoms with E-state index in [0.717, 1.165) is 35.5 Å². The summed E-state index contributed by atoms with van der Waals surface area (Å²) in [5.74, 6) is 1.16. The number of hydrogen-bond donors (Lipinski definition) is 1. The number of likely N-dealkylation sites (tertiary alicyclic amines) is 1. The molecule has 1 saturated heterocycles. The van der Waals surface area contributed by atoms with E-state index in [-0.39, 0.29) is 11.7 Å². The van der Waals surface area contributed by atoms with Crippen molar-refractivity contribution in [2.24, 2.45) is 5.92 Å². The van der Waals surface area contributed by atoms with Crippen molar-refractivity contribution in [1.29, 1.82) is 0 Å². The highest BCUT2D eigenvalue weighted by molar-refractivity contribution is 6.04. The molecule has 0 radical (unpaired) electrons. The molecule has 1 atom stereocenters. The van der Waals surface area contributed by atoms with E-state index < -0.39 is 0 Å². The number of carbonyl (C=O) groups excluding carboxylic acids is 1. The predicted octanol–water partition coefficient (Wildman–Crippen LogP) is 6.71. The monoisotopic (exact) mass is 458 g/mol. The van der Waals surface area contributed by atoms with Gasteiger partial charge in [0.05, 0.1) is 5.52 Å². The van der Waals surface area contributed by atoms with Gasteiger partial charge in [0, 0.05) is 29.2 Å². The van der Waals surface area contributed by atoms with Crippen LogP contribution in [-0.2, 0) is 6.42 Å². The first-order valence-electron chi connectivity index (χ1n) is 13.3. The quantitative estimate of drug-likeness (QED) is 0.446. The standard InChI is InChI=1S/C30H38N2O2/c1-22-27(17-19-31-18-9-8-14-25(31)20-23-10-4-2-5-11-23)28-21-26(33)15-16-29(28)32(22)30(34)24-12-6-3-7-13-24/h3,6-7,12-13,15-16,21,23,25,33H,2,4-5,8-11,14,17-20H2,1H3. The normalized spacial score (nSPS) is 20.1. The summed E-state index contributed by atoms with van der Waals surface area (Å²) in [7, 11) is 0. The van der Waals surface area contributed by atoms with Crippen LogP contribution in [0.15, 0.2) is 48.5 Å². The van der Waals surface area contributed by atoms with Gasteiger partial charge in [0.1, 0.15) is 5.75 Å². The van der Waals surface area contributed by atoms with Crippen molar-refractivity contribution in [2.75, 3.05) is 13.1 Å². The van der Waals surface area contributed by atoms with Gasteiger partial charge in [-0.05, 0) is 81.0 Å². The van der Waals surface area contributed by atoms with Gasteiger partial charge in [-0.3, -0.25) is 9.36 Å². The van der Waals surface area contributed by atoms with Crippen molar-refractivity contribution in [2.45, 2.75) is 77.2 Å². The molecular formula is C30H38N2O2. The Morgan fingerprint density at radius 2 is 1.74 bits per heavy atom. The maximum Gasteiger partial charge on any atom is 0.262 e. The van der Waals surface area contributed by atoms with Crippen molar-refractivity contribution in [3.63, 3.8) is 0 Å². The number of nitrogens with zero attached hydrogens (tertiary/aromatic N) is 2. The molecule has 4 nitrogen and oxygen atoms in total. The van der Waals surface area contributed by atoms with Crippen LogP contribution in [0.3, 0.4) is 0 Å². The van der Waals surface area contributed by atoms with E-state index in [1.807, 2.05) is 47.0 Å². The summed E-state index contributed by atoms with van der Waals surface area (Å²) in [6.07, 6.45) is 13.3. The molecule has 0 bridgehead atoms. The summed E-state index contributed by atoms with van der Waals surface area (Å²) >= 11 is 0. The fraction of sp³-hybridized carbons (Fsp3) is 0.500. The number of piperidine rings is 1. The molecule has 2 aromatic carbocycles. The van der Waals surface area contributed by atoms with Gasteiger partial charge < -0.3 is 10.0 Å². The molecule has 0 amide bonds. The predicted molar refractivity (Wildman–Crippen MR) is 139 cm³/mol. The molecule has 1 N–H and O–H groups in total. The Bertz CT molecular complexity index is 1130. The summed E-state index contributed by atoms with van der Waals surface area (Å²) in [6, 6.07) is 15.6. The maximum atomic E-state index is 13.4. The van der Waals surface area contributed by atoms with Crippen LogP contribution in [0, 0.1) is 12.8 Å². The highest BCUT2D eigenvalue weighted by Crippen LogP contribution is 2.33. The molecular weight excluding hydrogens is 420 g/mol. The zero-order chi connectivity index (χ0) is 23.5. The first kappa shape index (κ1) is 23.2. The zero-order valence-electron chi connectivity index (χ0n) is 20.5. The first-order chi connectivity index (χ1) is 16.6. The lowest BCUT2D eigenvalue weighted by Crippen LogP contribution is -2.42. The minimum absolute atomic E-state index is 0.00631. The van der Waals surface area contributed by atoms with Gasteiger partial charge in [0.2, 0.25) is 0 Å². The highest BCUT2D eigenvalue weighted by atomic mass is 16.3. The van der Waals surface area contributed by atoms with Crippen molar-refractivity contribution < 1.29 is 9.90 Å². The number of aromatic nitrogens is 1. The van der Waals surface area contributed by atoms with Gasteiger partial charge in [-0.25, -0.2) is 0 Å². The third kappa shape index (κ3) is 4.79. The summed E-state index contributed by atoms with van der Waals surface area (Å²) in [6.45, 7) is 4.26. The van der Waals surface area contributed by atoms with E-state index in [2.05, 4.69) is 11.8 Å². The molecule has 2 fully saturated rings. The van der Waals surface area contributed by atoms with Gasteiger partial charge in [0.25, 0.3) is 5.91 Å². The van der Waals surface area contributed by atoms with Crippen molar-refractivity contribution in [3.8, 4) is 5.75 Å². The first-order valence-corrected chi connectivity index (χ1v) is 13.3. The summed E-state index contributed by atoms with van der Waals surface area (Å²) in [5, 5.41) is 11.2. The molecule has 34 heavy (non-hydrogen) atoms. The van der Waals surface area contributed by atoms with Crippen molar-refractivity contribution in [1.82, 2.24) is 9.47 Å². The van der Waals surface area contributed by atoms with Crippen LogP contribution in [0.1, 0.15) is 79.4 Å². The fourth-order valence-electron chi connectivity index (χ4n) is 6.44. The zero-order valence-corrected chi connectivity index (χ0v) is 20.5. The number of benzene rings is 2. The summed E-state index contributed by atoms with van der Waals surface area (Å²) in [4.78, 5) is 16.2. The lowest BCUT2D eigenvalue weighted by Gasteiger charge is -2.38. The minimum atomic E-state index is -0.00631. The number of aromatic hydroxyl groups is 1. The van der Waals surface area contributed by atoms with Gasteiger partial charge in [-0.15, -0.1) is 0 Å². The number of hydrogen-bond acceptors (Lipinski definition) is 3. The summed E-state index contributed by atoms with van der Waals surface area (Å²) < 4.78 is 1.84. The van der Waals surface area contributed by atoms with Crippen LogP contribution >= 0.6 is 0 Å². The molecule has 2 heterocycles. The van der Waals surface area contributed by atoms with Crippen LogP contribution in [0.2, 0.25) is 0 Å². The van der Waals surface area contributed by atoms with E-state index in [1.54, 1.807) is 6.07 Å². The molecule has 1 unspecified atom stereocenters. The molecule has 180 valence electrons. The number of rotatable bonds is 6. The molecule has 1 aromatic heterocycles. The van der Waals surface area contributed by atoms with Crippen LogP contribution in [0.5, 0.6) is 5.75 Å². The second kappa shape index (κ2) is 10.4. The SMILES string of the molecule is Cc1c(CCN2CCCCC2CC2CCCCC2)c2cc(O)ccc2n1C(=O)c1ccccc1. The van der Waals surface area contributed by atoms with Crippen LogP contribution in [0.25, 0.3) is 10.9 Å². The van der Waals surface area contributed by atoms with E-state index in [4.69, 9.17) is 0 Å². The van der Waals surface area contributed by atoms with Crippen molar-refractivity contribution >= 4 is 16.8 Å². The van der Waals surface area contributed by atoms with E-state index >= 15 is 0 Å². The number of fused-ring (bicyclic) bond motifs is 1. The minimum Gasteiger partial charge on any atom is -0.508 e. The highest BCUT2D eigenvalue weighted by Gasteiger charge is 2.27. The molecule has 0 spiro atoms. The molecule has 2 aliphatic rings. The number of carbonyl (C=O) groups is 1.